The molecule has 0 radical (unpaired) electrons. The number of rotatable bonds is 19. The van der Waals surface area contributed by atoms with Crippen molar-refractivity contribution in [3.8, 4) is 0 Å². The minimum absolute atomic E-state index is 0.149. The van der Waals surface area contributed by atoms with E-state index in [1.807, 2.05) is 6.92 Å². The van der Waals surface area contributed by atoms with Gasteiger partial charge in [-0.3, -0.25) is 33.9 Å². The van der Waals surface area contributed by atoms with Crippen LogP contribution in [0.3, 0.4) is 0 Å². The maximum Gasteiger partial charge on any atom is 0.321 e. The van der Waals surface area contributed by atoms with E-state index in [4.69, 9.17) is 15.3 Å². The molecule has 180 valence electrons. The van der Waals surface area contributed by atoms with Crippen molar-refractivity contribution in [3.05, 3.63) is 0 Å². The van der Waals surface area contributed by atoms with Gasteiger partial charge in [0, 0.05) is 39.3 Å². The topological polar surface area (TPSA) is 171 Å². The number of aliphatic carboxylic acids is 4. The molecule has 12 heteroatoms. The number of carbonyl (C=O) groups is 4. The van der Waals surface area contributed by atoms with Crippen LogP contribution in [0.5, 0.6) is 0 Å². The van der Waals surface area contributed by atoms with Crippen molar-refractivity contribution in [3.63, 3.8) is 0 Å². The molecule has 0 aliphatic heterocycles. The monoisotopic (exact) mass is 448 g/mol. The SMILES string of the molecule is CCN(CCN(CCN(CCNCC(=O)O)CC(=O)O)C(C(=O)O)C(C)C)CC(=O)O. The molecule has 0 bridgehead atoms. The molecular formula is C19H36N4O8. The lowest BCUT2D eigenvalue weighted by Gasteiger charge is -2.34. The minimum atomic E-state index is -1.04. The summed E-state index contributed by atoms with van der Waals surface area (Å²) in [7, 11) is 0. The third-order valence-corrected chi connectivity index (χ3v) is 4.73. The van der Waals surface area contributed by atoms with Gasteiger partial charge in [0.15, 0.2) is 0 Å². The third-order valence-electron chi connectivity index (χ3n) is 4.73. The summed E-state index contributed by atoms with van der Waals surface area (Å²) >= 11 is 0. The Morgan fingerprint density at radius 3 is 1.71 bits per heavy atom. The average molecular weight is 449 g/mol. The summed E-state index contributed by atoms with van der Waals surface area (Å²) in [6, 6.07) is -0.805. The zero-order valence-electron chi connectivity index (χ0n) is 18.5. The molecule has 0 spiro atoms. The number of hydrogen-bond acceptors (Lipinski definition) is 8. The van der Waals surface area contributed by atoms with Gasteiger partial charge in [-0.15, -0.1) is 0 Å². The molecule has 0 amide bonds. The quantitative estimate of drug-likeness (QED) is 0.151. The van der Waals surface area contributed by atoms with Gasteiger partial charge in [-0.2, -0.15) is 0 Å². The first-order chi connectivity index (χ1) is 14.5. The molecule has 0 aliphatic rings. The number of hydrogen-bond donors (Lipinski definition) is 5. The fraction of sp³-hybridized carbons (Fsp3) is 0.789. The van der Waals surface area contributed by atoms with Crippen molar-refractivity contribution in [2.24, 2.45) is 5.92 Å². The highest BCUT2D eigenvalue weighted by atomic mass is 16.4. The number of carboxylic acid groups (broad SMARTS) is 4. The number of carboxylic acids is 4. The summed E-state index contributed by atoms with van der Waals surface area (Å²) in [5, 5.41) is 39.2. The zero-order chi connectivity index (χ0) is 24.0. The molecule has 0 aromatic carbocycles. The van der Waals surface area contributed by atoms with Crippen LogP contribution >= 0.6 is 0 Å². The first-order valence-electron chi connectivity index (χ1n) is 10.3. The van der Waals surface area contributed by atoms with E-state index in [2.05, 4.69) is 5.32 Å². The highest BCUT2D eigenvalue weighted by Gasteiger charge is 2.29. The van der Waals surface area contributed by atoms with Crippen molar-refractivity contribution >= 4 is 23.9 Å². The molecule has 1 atom stereocenters. The Labute approximate surface area is 182 Å². The van der Waals surface area contributed by atoms with Crippen molar-refractivity contribution in [1.29, 1.82) is 0 Å². The first-order valence-corrected chi connectivity index (χ1v) is 10.3. The van der Waals surface area contributed by atoms with E-state index >= 15 is 0 Å². The maximum absolute atomic E-state index is 11.8. The average Bonchev–Trinajstić information content (AvgIpc) is 2.63. The van der Waals surface area contributed by atoms with Gasteiger partial charge in [0.1, 0.15) is 6.04 Å². The highest BCUT2D eigenvalue weighted by Crippen LogP contribution is 2.12. The van der Waals surface area contributed by atoms with E-state index in [-0.39, 0.29) is 51.7 Å². The summed E-state index contributed by atoms with van der Waals surface area (Å²) < 4.78 is 0. The van der Waals surface area contributed by atoms with Crippen molar-refractivity contribution in [2.75, 3.05) is 65.4 Å². The van der Waals surface area contributed by atoms with E-state index in [1.165, 1.54) is 0 Å². The molecular weight excluding hydrogens is 412 g/mol. The molecule has 0 aromatic heterocycles. The van der Waals surface area contributed by atoms with Crippen molar-refractivity contribution in [1.82, 2.24) is 20.0 Å². The Bertz CT molecular complexity index is 587. The van der Waals surface area contributed by atoms with Crippen LogP contribution in [0, 0.1) is 5.92 Å². The third kappa shape index (κ3) is 13.6. The molecule has 1 unspecified atom stereocenters. The predicted octanol–water partition coefficient (Wildman–Crippen LogP) is -1.14. The van der Waals surface area contributed by atoms with Gasteiger partial charge in [-0.05, 0) is 12.5 Å². The predicted molar refractivity (Wildman–Crippen MR) is 112 cm³/mol. The normalized spacial score (nSPS) is 12.6. The smallest absolute Gasteiger partial charge is 0.321 e. The molecule has 0 saturated heterocycles. The van der Waals surface area contributed by atoms with E-state index in [9.17, 15) is 24.3 Å². The molecule has 0 fully saturated rings. The van der Waals surface area contributed by atoms with Gasteiger partial charge >= 0.3 is 23.9 Å². The van der Waals surface area contributed by atoms with Crippen LogP contribution in [0.25, 0.3) is 0 Å². The van der Waals surface area contributed by atoms with Crippen molar-refractivity contribution in [2.45, 2.75) is 26.8 Å². The summed E-state index contributed by atoms with van der Waals surface area (Å²) in [6.45, 7) is 7.01. The van der Waals surface area contributed by atoms with Crippen LogP contribution in [0.4, 0.5) is 0 Å². The summed E-state index contributed by atoms with van der Waals surface area (Å²) in [6.07, 6.45) is 0. The molecule has 5 N–H and O–H groups in total. The minimum Gasteiger partial charge on any atom is -0.480 e. The second-order valence-corrected chi connectivity index (χ2v) is 7.57. The van der Waals surface area contributed by atoms with Gasteiger partial charge in [-0.1, -0.05) is 20.8 Å². The second-order valence-electron chi connectivity index (χ2n) is 7.57. The number of nitrogens with one attached hydrogen (secondary N) is 1. The van der Waals surface area contributed by atoms with E-state index in [0.717, 1.165) is 0 Å². The first kappa shape index (κ1) is 28.7. The summed E-state index contributed by atoms with van der Waals surface area (Å²) in [4.78, 5) is 49.6. The van der Waals surface area contributed by atoms with E-state index in [0.29, 0.717) is 19.6 Å². The molecule has 12 nitrogen and oxygen atoms in total. The summed E-state index contributed by atoms with van der Waals surface area (Å²) in [5.74, 6) is -4.23. The van der Waals surface area contributed by atoms with Crippen LogP contribution in [0.2, 0.25) is 0 Å². The lowest BCUT2D eigenvalue weighted by Crippen LogP contribution is -2.51. The summed E-state index contributed by atoms with van der Waals surface area (Å²) in [5.41, 5.74) is 0. The lowest BCUT2D eigenvalue weighted by molar-refractivity contribution is -0.146. The fourth-order valence-corrected chi connectivity index (χ4v) is 3.23. The Kier molecular flexibility index (Phi) is 14.4. The van der Waals surface area contributed by atoms with Crippen LogP contribution < -0.4 is 5.32 Å². The van der Waals surface area contributed by atoms with Gasteiger partial charge in [-0.25, -0.2) is 0 Å². The molecule has 0 aliphatic carbocycles. The second kappa shape index (κ2) is 15.5. The van der Waals surface area contributed by atoms with Gasteiger partial charge < -0.3 is 25.7 Å². The molecule has 0 rings (SSSR count). The fourth-order valence-electron chi connectivity index (χ4n) is 3.23. The maximum atomic E-state index is 11.8. The zero-order valence-corrected chi connectivity index (χ0v) is 18.5. The Morgan fingerprint density at radius 2 is 1.29 bits per heavy atom. The Morgan fingerprint density at radius 1 is 0.774 bits per heavy atom. The highest BCUT2D eigenvalue weighted by molar-refractivity contribution is 5.73. The lowest BCUT2D eigenvalue weighted by atomic mass is 10.0. The molecule has 0 heterocycles. The Hall–Kier alpha value is -2.28. The van der Waals surface area contributed by atoms with Crippen LogP contribution in [0.1, 0.15) is 20.8 Å². The number of likely N-dealkylation sites (N-methyl/N-ethyl adjacent to an activating group) is 1. The standard InChI is InChI=1S/C19H36N4O8/c1-4-21(12-16(26)27)7-9-23(18(14(2)3)19(30)31)10-8-22(13-17(28)29)6-5-20-11-15(24)25/h14,18,20H,4-13H2,1-3H3,(H,24,25)(H,26,27)(H,28,29)(H,30,31). The largest absolute Gasteiger partial charge is 0.480 e. The van der Waals surface area contributed by atoms with Gasteiger partial charge in [0.25, 0.3) is 0 Å². The van der Waals surface area contributed by atoms with Crippen LogP contribution in [0.15, 0.2) is 0 Å². The van der Waals surface area contributed by atoms with Gasteiger partial charge in [0.2, 0.25) is 0 Å². The van der Waals surface area contributed by atoms with Crippen LogP contribution in [-0.4, -0.2) is 130 Å². The molecule has 31 heavy (non-hydrogen) atoms. The number of nitrogens with zero attached hydrogens (tertiary/aromatic N) is 3. The van der Waals surface area contributed by atoms with Gasteiger partial charge in [0.05, 0.1) is 19.6 Å². The van der Waals surface area contributed by atoms with Crippen molar-refractivity contribution < 1.29 is 39.6 Å². The molecule has 0 aromatic rings. The Balaban J connectivity index is 5.17. The van der Waals surface area contributed by atoms with E-state index in [1.54, 1.807) is 28.5 Å². The molecule has 0 saturated carbocycles. The van der Waals surface area contributed by atoms with Crippen LogP contribution in [-0.2, 0) is 19.2 Å². The van der Waals surface area contributed by atoms with E-state index < -0.39 is 29.9 Å².